The standard InChI is InChI=1S/C12H5Cl3FI/c13-7-2-3-8(14)12(15)11(7)6-1-4-9(16)10(17)5-6/h1-5H. The zero-order valence-electron chi connectivity index (χ0n) is 8.28. The third kappa shape index (κ3) is 2.70. The van der Waals surface area contributed by atoms with Gasteiger partial charge in [0.1, 0.15) is 5.82 Å². The number of benzene rings is 2. The third-order valence-electron chi connectivity index (χ3n) is 2.25. The summed E-state index contributed by atoms with van der Waals surface area (Å²) in [5.41, 5.74) is 1.37. The smallest absolute Gasteiger partial charge is 0.136 e. The van der Waals surface area contributed by atoms with E-state index in [-0.39, 0.29) is 5.82 Å². The molecule has 0 radical (unpaired) electrons. The molecule has 0 amide bonds. The first-order valence-electron chi connectivity index (χ1n) is 4.59. The minimum atomic E-state index is -0.274. The zero-order valence-corrected chi connectivity index (χ0v) is 12.7. The molecule has 0 saturated carbocycles. The van der Waals surface area contributed by atoms with Crippen LogP contribution in [0.4, 0.5) is 4.39 Å². The minimum absolute atomic E-state index is 0.274. The average Bonchev–Trinajstić information content (AvgIpc) is 2.29. The Morgan fingerprint density at radius 2 is 1.59 bits per heavy atom. The maximum Gasteiger partial charge on any atom is 0.136 e. The average molecular weight is 401 g/mol. The van der Waals surface area contributed by atoms with Crippen molar-refractivity contribution in [3.05, 3.63) is 54.8 Å². The van der Waals surface area contributed by atoms with Crippen LogP contribution in [-0.4, -0.2) is 0 Å². The van der Waals surface area contributed by atoms with E-state index in [9.17, 15) is 4.39 Å². The normalized spacial score (nSPS) is 10.6. The molecule has 0 saturated heterocycles. The summed E-state index contributed by atoms with van der Waals surface area (Å²) in [5, 5.41) is 1.29. The van der Waals surface area contributed by atoms with Crippen LogP contribution >= 0.6 is 57.4 Å². The first-order valence-corrected chi connectivity index (χ1v) is 6.81. The van der Waals surface area contributed by atoms with Crippen molar-refractivity contribution in [2.45, 2.75) is 0 Å². The molecule has 2 rings (SSSR count). The zero-order chi connectivity index (χ0) is 12.6. The van der Waals surface area contributed by atoms with Crippen molar-refractivity contribution in [1.29, 1.82) is 0 Å². The Kier molecular flexibility index (Phi) is 4.18. The van der Waals surface area contributed by atoms with Crippen molar-refractivity contribution in [2.75, 3.05) is 0 Å². The molecule has 2 aromatic rings. The molecule has 0 aliphatic rings. The lowest BCUT2D eigenvalue weighted by Gasteiger charge is -2.09. The first-order chi connectivity index (χ1) is 8.00. The summed E-state index contributed by atoms with van der Waals surface area (Å²) in [6, 6.07) is 7.98. The summed E-state index contributed by atoms with van der Waals surface area (Å²) in [6.07, 6.45) is 0. The molecule has 0 aliphatic carbocycles. The van der Waals surface area contributed by atoms with E-state index in [4.69, 9.17) is 34.8 Å². The van der Waals surface area contributed by atoms with E-state index < -0.39 is 0 Å². The monoisotopic (exact) mass is 400 g/mol. The number of hydrogen-bond donors (Lipinski definition) is 0. The Balaban J connectivity index is 2.68. The molecule has 0 N–H and O–H groups in total. The molecule has 88 valence electrons. The molecule has 0 aliphatic heterocycles. The highest BCUT2D eigenvalue weighted by atomic mass is 127. The van der Waals surface area contributed by atoms with Crippen molar-refractivity contribution >= 4 is 57.4 Å². The van der Waals surface area contributed by atoms with Gasteiger partial charge in [-0.1, -0.05) is 40.9 Å². The molecule has 0 fully saturated rings. The lowest BCUT2D eigenvalue weighted by Crippen LogP contribution is -1.87. The van der Waals surface area contributed by atoms with E-state index in [1.807, 2.05) is 22.6 Å². The molecular weight excluding hydrogens is 396 g/mol. The van der Waals surface area contributed by atoms with Crippen molar-refractivity contribution < 1.29 is 4.39 Å². The molecule has 0 heterocycles. The van der Waals surface area contributed by atoms with Gasteiger partial charge >= 0.3 is 0 Å². The SMILES string of the molecule is Fc1ccc(-c2c(Cl)ccc(Cl)c2Cl)cc1I. The van der Waals surface area contributed by atoms with Gasteiger partial charge < -0.3 is 0 Å². The van der Waals surface area contributed by atoms with Gasteiger partial charge in [-0.2, -0.15) is 0 Å². The van der Waals surface area contributed by atoms with E-state index in [1.54, 1.807) is 24.3 Å². The van der Waals surface area contributed by atoms with Crippen LogP contribution in [0.3, 0.4) is 0 Å². The highest BCUT2D eigenvalue weighted by molar-refractivity contribution is 14.1. The van der Waals surface area contributed by atoms with Crippen molar-refractivity contribution in [1.82, 2.24) is 0 Å². The predicted molar refractivity (Wildman–Crippen MR) is 79.6 cm³/mol. The lowest BCUT2D eigenvalue weighted by atomic mass is 10.1. The summed E-state index contributed by atoms with van der Waals surface area (Å²) < 4.78 is 13.7. The largest absolute Gasteiger partial charge is 0.206 e. The second-order valence-corrected chi connectivity index (χ2v) is 5.70. The van der Waals surface area contributed by atoms with Crippen LogP contribution in [0, 0.1) is 9.39 Å². The van der Waals surface area contributed by atoms with Gasteiger partial charge in [0.25, 0.3) is 0 Å². The molecule has 0 nitrogen and oxygen atoms in total. The van der Waals surface area contributed by atoms with E-state index in [0.717, 1.165) is 5.56 Å². The van der Waals surface area contributed by atoms with Crippen LogP contribution in [-0.2, 0) is 0 Å². The summed E-state index contributed by atoms with van der Waals surface area (Å²) >= 11 is 20.1. The third-order valence-corrected chi connectivity index (χ3v) is 4.20. The predicted octanol–water partition coefficient (Wildman–Crippen LogP) is 6.06. The Labute approximate surface area is 127 Å². The van der Waals surface area contributed by atoms with Gasteiger partial charge in [-0.3, -0.25) is 0 Å². The fourth-order valence-corrected chi connectivity index (χ4v) is 2.70. The van der Waals surface area contributed by atoms with E-state index >= 15 is 0 Å². The van der Waals surface area contributed by atoms with Crippen molar-refractivity contribution in [2.24, 2.45) is 0 Å². The van der Waals surface area contributed by atoms with Crippen LogP contribution in [0.15, 0.2) is 30.3 Å². The van der Waals surface area contributed by atoms with Gasteiger partial charge in [0.05, 0.1) is 10.0 Å². The summed E-state index contributed by atoms with van der Waals surface area (Å²) in [7, 11) is 0. The second kappa shape index (κ2) is 5.31. The summed E-state index contributed by atoms with van der Waals surface area (Å²) in [5.74, 6) is -0.274. The van der Waals surface area contributed by atoms with Crippen LogP contribution in [0.25, 0.3) is 11.1 Å². The van der Waals surface area contributed by atoms with Crippen molar-refractivity contribution in [3.8, 4) is 11.1 Å². The molecule has 0 atom stereocenters. The van der Waals surface area contributed by atoms with E-state index in [1.165, 1.54) is 6.07 Å². The fourth-order valence-electron chi connectivity index (χ4n) is 1.44. The maximum atomic E-state index is 13.2. The Morgan fingerprint density at radius 1 is 0.941 bits per heavy atom. The molecule has 0 spiro atoms. The summed E-state index contributed by atoms with van der Waals surface area (Å²) in [4.78, 5) is 0. The lowest BCUT2D eigenvalue weighted by molar-refractivity contribution is 0.620. The molecular formula is C12H5Cl3FI. The van der Waals surface area contributed by atoms with Crippen LogP contribution < -0.4 is 0 Å². The quantitative estimate of drug-likeness (QED) is 0.403. The van der Waals surface area contributed by atoms with Gasteiger partial charge in [-0.25, -0.2) is 4.39 Å². The topological polar surface area (TPSA) is 0 Å². The van der Waals surface area contributed by atoms with Gasteiger partial charge in [0, 0.05) is 14.2 Å². The summed E-state index contributed by atoms with van der Waals surface area (Å²) in [6.45, 7) is 0. The number of rotatable bonds is 1. The molecule has 17 heavy (non-hydrogen) atoms. The van der Waals surface area contributed by atoms with Gasteiger partial charge in [-0.15, -0.1) is 0 Å². The van der Waals surface area contributed by atoms with Gasteiger partial charge in [0.2, 0.25) is 0 Å². The van der Waals surface area contributed by atoms with Gasteiger partial charge in [0.15, 0.2) is 0 Å². The van der Waals surface area contributed by atoms with E-state index in [2.05, 4.69) is 0 Å². The van der Waals surface area contributed by atoms with Crippen molar-refractivity contribution in [3.63, 3.8) is 0 Å². The number of hydrogen-bond acceptors (Lipinski definition) is 0. The minimum Gasteiger partial charge on any atom is -0.206 e. The molecule has 0 bridgehead atoms. The second-order valence-electron chi connectivity index (χ2n) is 3.35. The molecule has 0 aromatic heterocycles. The molecule has 0 unspecified atom stereocenters. The fraction of sp³-hybridized carbons (Fsp3) is 0. The van der Waals surface area contributed by atoms with E-state index in [0.29, 0.717) is 24.2 Å². The Morgan fingerprint density at radius 3 is 2.24 bits per heavy atom. The Bertz CT molecular complexity index is 584. The maximum absolute atomic E-state index is 13.2. The molecule has 5 heteroatoms. The van der Waals surface area contributed by atoms with Crippen LogP contribution in [0.5, 0.6) is 0 Å². The first kappa shape index (κ1) is 13.4. The molecule has 2 aromatic carbocycles. The number of halogens is 5. The van der Waals surface area contributed by atoms with Crippen LogP contribution in [0.1, 0.15) is 0 Å². The highest BCUT2D eigenvalue weighted by Gasteiger charge is 2.13. The van der Waals surface area contributed by atoms with Crippen LogP contribution in [0.2, 0.25) is 15.1 Å². The highest BCUT2D eigenvalue weighted by Crippen LogP contribution is 2.39. The van der Waals surface area contributed by atoms with Gasteiger partial charge in [-0.05, 0) is 52.4 Å². The Hall–Kier alpha value is -0.0300.